The third-order valence-corrected chi connectivity index (χ3v) is 5.93. The van der Waals surface area contributed by atoms with Crippen LogP contribution in [0.2, 0.25) is 0 Å². The van der Waals surface area contributed by atoms with E-state index in [-0.39, 0.29) is 5.54 Å². The smallest absolute Gasteiger partial charge is 0.180 e. The van der Waals surface area contributed by atoms with E-state index >= 15 is 0 Å². The molecule has 3 heterocycles. The summed E-state index contributed by atoms with van der Waals surface area (Å²) >= 11 is 0. The lowest BCUT2D eigenvalue weighted by molar-refractivity contribution is 0.147. The van der Waals surface area contributed by atoms with Gasteiger partial charge in [-0.2, -0.15) is 0 Å². The van der Waals surface area contributed by atoms with E-state index in [9.17, 15) is 0 Å². The maximum absolute atomic E-state index is 4.90. The highest BCUT2D eigenvalue weighted by Gasteiger charge is 2.26. The molecule has 28 heavy (non-hydrogen) atoms. The van der Waals surface area contributed by atoms with Gasteiger partial charge in [0.15, 0.2) is 5.82 Å². The first-order valence-electron chi connectivity index (χ1n) is 10.5. The summed E-state index contributed by atoms with van der Waals surface area (Å²) in [5.74, 6) is 1.74. The highest BCUT2D eigenvalue weighted by Crippen LogP contribution is 2.31. The van der Waals surface area contributed by atoms with E-state index in [1.807, 2.05) is 18.2 Å². The minimum atomic E-state index is -0.0184. The Labute approximate surface area is 168 Å². The summed E-state index contributed by atoms with van der Waals surface area (Å²) in [7, 11) is 2.21. The molecule has 0 amide bonds. The number of anilines is 1. The van der Waals surface area contributed by atoms with Gasteiger partial charge >= 0.3 is 0 Å². The monoisotopic (exact) mass is 380 g/mol. The molecular formula is C22H32N6. The molecule has 1 fully saturated rings. The van der Waals surface area contributed by atoms with Gasteiger partial charge in [0.2, 0.25) is 0 Å². The molecule has 1 aliphatic carbocycles. The molecule has 1 aliphatic heterocycles. The Balaban J connectivity index is 1.49. The first-order valence-corrected chi connectivity index (χ1v) is 10.5. The first-order chi connectivity index (χ1) is 13.5. The maximum Gasteiger partial charge on any atom is 0.180 e. The zero-order chi connectivity index (χ0) is 19.6. The summed E-state index contributed by atoms with van der Waals surface area (Å²) in [6.07, 6.45) is 6.16. The number of aromatic nitrogens is 3. The number of piperazine rings is 1. The molecule has 6 heteroatoms. The molecule has 2 aromatic heterocycles. The molecule has 1 saturated heterocycles. The molecule has 0 saturated carbocycles. The van der Waals surface area contributed by atoms with E-state index < -0.39 is 0 Å². The van der Waals surface area contributed by atoms with Crippen molar-refractivity contribution in [3.63, 3.8) is 0 Å². The molecule has 0 bridgehead atoms. The van der Waals surface area contributed by atoms with Crippen LogP contribution in [0.3, 0.4) is 0 Å². The Morgan fingerprint density at radius 1 is 1.07 bits per heavy atom. The molecule has 0 atom stereocenters. The van der Waals surface area contributed by atoms with Crippen LogP contribution in [-0.4, -0.2) is 70.1 Å². The van der Waals surface area contributed by atoms with Crippen molar-refractivity contribution in [1.29, 1.82) is 0 Å². The SMILES string of the molecule is CN1CCN(CCC(C)(C)Nc2nc(-c3ccccn3)nc3c2CCC3)CC1. The standard InChI is InChI=1S/C22H32N6/c1-22(2,10-12-28-15-13-27(3)14-16-28)26-20-17-7-6-9-18(17)24-21(25-20)19-8-4-5-11-23-19/h4-5,8,11H,6-7,9-10,12-16H2,1-3H3,(H,24,25,26). The second-order valence-electron chi connectivity index (χ2n) is 8.79. The molecule has 0 aromatic carbocycles. The Bertz CT molecular complexity index is 796. The van der Waals surface area contributed by atoms with Crippen LogP contribution in [0, 0.1) is 0 Å². The molecule has 2 aliphatic rings. The van der Waals surface area contributed by atoms with Gasteiger partial charge in [-0.25, -0.2) is 9.97 Å². The van der Waals surface area contributed by atoms with Gasteiger partial charge in [-0.15, -0.1) is 0 Å². The van der Waals surface area contributed by atoms with E-state index in [2.05, 4.69) is 41.0 Å². The van der Waals surface area contributed by atoms with Crippen molar-refractivity contribution < 1.29 is 0 Å². The zero-order valence-electron chi connectivity index (χ0n) is 17.4. The molecule has 0 unspecified atom stereocenters. The number of likely N-dealkylation sites (N-methyl/N-ethyl adjacent to an activating group) is 1. The molecule has 0 spiro atoms. The number of rotatable bonds is 6. The van der Waals surface area contributed by atoms with Crippen molar-refractivity contribution in [3.8, 4) is 11.5 Å². The molecule has 2 aromatic rings. The van der Waals surface area contributed by atoms with Crippen LogP contribution in [-0.2, 0) is 12.8 Å². The molecular weight excluding hydrogens is 348 g/mol. The fourth-order valence-corrected chi connectivity index (χ4v) is 4.04. The lowest BCUT2D eigenvalue weighted by atomic mass is 9.99. The van der Waals surface area contributed by atoms with Crippen molar-refractivity contribution in [1.82, 2.24) is 24.8 Å². The fourth-order valence-electron chi connectivity index (χ4n) is 4.04. The number of fused-ring (bicyclic) bond motifs is 1. The van der Waals surface area contributed by atoms with Gasteiger partial charge < -0.3 is 15.1 Å². The van der Waals surface area contributed by atoms with Crippen molar-refractivity contribution >= 4 is 5.82 Å². The second-order valence-corrected chi connectivity index (χ2v) is 8.79. The van der Waals surface area contributed by atoms with Gasteiger partial charge in [-0.05, 0) is 58.7 Å². The van der Waals surface area contributed by atoms with Crippen LogP contribution < -0.4 is 5.32 Å². The van der Waals surface area contributed by atoms with E-state index in [1.54, 1.807) is 6.20 Å². The van der Waals surface area contributed by atoms with Gasteiger partial charge in [-0.3, -0.25) is 4.98 Å². The zero-order valence-corrected chi connectivity index (χ0v) is 17.4. The highest BCUT2D eigenvalue weighted by molar-refractivity contribution is 5.58. The predicted molar refractivity (Wildman–Crippen MR) is 114 cm³/mol. The second kappa shape index (κ2) is 8.13. The van der Waals surface area contributed by atoms with Crippen molar-refractivity contribution in [2.45, 2.75) is 45.1 Å². The lowest BCUT2D eigenvalue weighted by Gasteiger charge is -2.35. The Morgan fingerprint density at radius 3 is 2.64 bits per heavy atom. The average Bonchev–Trinajstić information content (AvgIpc) is 3.17. The molecule has 4 rings (SSSR count). The average molecular weight is 381 g/mol. The maximum atomic E-state index is 4.90. The van der Waals surface area contributed by atoms with Crippen LogP contribution >= 0.6 is 0 Å². The number of aryl methyl sites for hydroxylation is 1. The van der Waals surface area contributed by atoms with Crippen LogP contribution in [0.1, 0.15) is 37.9 Å². The van der Waals surface area contributed by atoms with E-state index in [0.29, 0.717) is 0 Å². The Morgan fingerprint density at radius 2 is 1.89 bits per heavy atom. The normalized spacial score (nSPS) is 18.2. The minimum Gasteiger partial charge on any atom is -0.365 e. The fraction of sp³-hybridized carbons (Fsp3) is 0.591. The van der Waals surface area contributed by atoms with Crippen LogP contribution in [0.4, 0.5) is 5.82 Å². The third-order valence-electron chi connectivity index (χ3n) is 5.93. The van der Waals surface area contributed by atoms with E-state index in [1.165, 1.54) is 37.4 Å². The lowest BCUT2D eigenvalue weighted by Crippen LogP contribution is -2.46. The summed E-state index contributed by atoms with van der Waals surface area (Å²) < 4.78 is 0. The topological polar surface area (TPSA) is 57.2 Å². The molecule has 150 valence electrons. The molecule has 6 nitrogen and oxygen atoms in total. The number of pyridine rings is 1. The number of hydrogen-bond acceptors (Lipinski definition) is 6. The van der Waals surface area contributed by atoms with Gasteiger partial charge in [-0.1, -0.05) is 6.07 Å². The Kier molecular flexibility index (Phi) is 5.60. The first kappa shape index (κ1) is 19.3. The number of nitrogens with one attached hydrogen (secondary N) is 1. The summed E-state index contributed by atoms with van der Waals surface area (Å²) in [6.45, 7) is 10.4. The van der Waals surface area contributed by atoms with Gasteiger partial charge in [0.1, 0.15) is 11.5 Å². The van der Waals surface area contributed by atoms with Crippen LogP contribution in [0.5, 0.6) is 0 Å². The largest absolute Gasteiger partial charge is 0.365 e. The summed E-state index contributed by atoms with van der Waals surface area (Å²) in [5.41, 5.74) is 3.31. The van der Waals surface area contributed by atoms with Gasteiger partial charge in [0.25, 0.3) is 0 Å². The molecule has 0 radical (unpaired) electrons. The number of nitrogens with zero attached hydrogens (tertiary/aromatic N) is 5. The summed E-state index contributed by atoms with van der Waals surface area (Å²) in [5, 5.41) is 3.76. The Hall–Kier alpha value is -2.05. The van der Waals surface area contributed by atoms with Crippen molar-refractivity contribution in [2.75, 3.05) is 45.1 Å². The highest BCUT2D eigenvalue weighted by atomic mass is 15.2. The number of hydrogen-bond donors (Lipinski definition) is 1. The predicted octanol–water partition coefficient (Wildman–Crippen LogP) is 2.86. The van der Waals surface area contributed by atoms with E-state index in [4.69, 9.17) is 9.97 Å². The quantitative estimate of drug-likeness (QED) is 0.832. The van der Waals surface area contributed by atoms with E-state index in [0.717, 1.165) is 49.6 Å². The molecule has 1 N–H and O–H groups in total. The summed E-state index contributed by atoms with van der Waals surface area (Å²) in [6, 6.07) is 5.91. The van der Waals surface area contributed by atoms with Crippen LogP contribution in [0.25, 0.3) is 11.5 Å². The minimum absolute atomic E-state index is 0.0184. The summed E-state index contributed by atoms with van der Waals surface area (Å²) in [4.78, 5) is 19.1. The third kappa shape index (κ3) is 4.50. The van der Waals surface area contributed by atoms with Gasteiger partial charge in [0.05, 0.1) is 0 Å². The van der Waals surface area contributed by atoms with Crippen LogP contribution in [0.15, 0.2) is 24.4 Å². The van der Waals surface area contributed by atoms with Crippen molar-refractivity contribution in [2.24, 2.45) is 0 Å². The van der Waals surface area contributed by atoms with Gasteiger partial charge in [0, 0.05) is 55.7 Å². The van der Waals surface area contributed by atoms with Crippen molar-refractivity contribution in [3.05, 3.63) is 35.7 Å².